The van der Waals surface area contributed by atoms with Gasteiger partial charge in [-0.05, 0) is 18.6 Å². The van der Waals surface area contributed by atoms with Crippen LogP contribution in [-0.4, -0.2) is 27.1 Å². The van der Waals surface area contributed by atoms with Crippen LogP contribution in [0, 0.1) is 0 Å². The first-order valence-electron chi connectivity index (χ1n) is 6.91. The maximum Gasteiger partial charge on any atom is 0.220 e. The molecule has 1 heterocycles. The standard InChI is InChI=1S/C15H17Cl2N3O2/c16-11-3-4-12(13(17)8-11)14(21)9-19-15(22)2-1-6-20-7-5-18-10-20/h3-5,7-8,10,14,21H,1-2,6,9H2,(H,19,22)/t14-/m0/s1. The molecule has 2 aromatic rings. The number of imidazole rings is 1. The van der Waals surface area contributed by atoms with Crippen LogP contribution in [-0.2, 0) is 11.3 Å². The lowest BCUT2D eigenvalue weighted by atomic mass is 10.1. The number of carbonyl (C=O) groups excluding carboxylic acids is 1. The van der Waals surface area contributed by atoms with Crippen LogP contribution >= 0.6 is 23.2 Å². The summed E-state index contributed by atoms with van der Waals surface area (Å²) in [4.78, 5) is 15.7. The van der Waals surface area contributed by atoms with Gasteiger partial charge in [0.15, 0.2) is 0 Å². The summed E-state index contributed by atoms with van der Waals surface area (Å²) in [6.07, 6.45) is 5.50. The number of hydrogen-bond donors (Lipinski definition) is 2. The summed E-state index contributed by atoms with van der Waals surface area (Å²) in [5.41, 5.74) is 0.546. The third-order valence-corrected chi connectivity index (χ3v) is 3.76. The van der Waals surface area contributed by atoms with Gasteiger partial charge in [0.2, 0.25) is 5.91 Å². The van der Waals surface area contributed by atoms with Gasteiger partial charge in [0, 0.05) is 47.5 Å². The predicted molar refractivity (Wildman–Crippen MR) is 85.9 cm³/mol. The van der Waals surface area contributed by atoms with Crippen molar-refractivity contribution in [1.29, 1.82) is 0 Å². The maximum absolute atomic E-state index is 11.7. The molecular weight excluding hydrogens is 325 g/mol. The van der Waals surface area contributed by atoms with Gasteiger partial charge in [-0.15, -0.1) is 0 Å². The zero-order chi connectivity index (χ0) is 15.9. The molecule has 0 saturated carbocycles. The number of amides is 1. The van der Waals surface area contributed by atoms with E-state index in [1.807, 2.05) is 10.8 Å². The van der Waals surface area contributed by atoms with Gasteiger partial charge in [-0.25, -0.2) is 4.98 Å². The molecule has 0 aliphatic carbocycles. The number of aryl methyl sites for hydroxylation is 1. The molecule has 1 aromatic carbocycles. The number of nitrogens with zero attached hydrogens (tertiary/aromatic N) is 2. The van der Waals surface area contributed by atoms with E-state index in [9.17, 15) is 9.90 Å². The molecule has 0 aliphatic rings. The molecule has 0 spiro atoms. The van der Waals surface area contributed by atoms with Crippen LogP contribution in [0.5, 0.6) is 0 Å². The minimum Gasteiger partial charge on any atom is -0.387 e. The molecule has 0 fully saturated rings. The quantitative estimate of drug-likeness (QED) is 0.813. The van der Waals surface area contributed by atoms with Crippen LogP contribution in [0.4, 0.5) is 0 Å². The molecule has 0 aliphatic heterocycles. The van der Waals surface area contributed by atoms with Crippen molar-refractivity contribution in [2.24, 2.45) is 0 Å². The first-order valence-corrected chi connectivity index (χ1v) is 7.67. The third kappa shape index (κ3) is 5.02. The summed E-state index contributed by atoms with van der Waals surface area (Å²) in [5.74, 6) is -0.107. The molecule has 1 aromatic heterocycles. The second-order valence-electron chi connectivity index (χ2n) is 4.89. The van der Waals surface area contributed by atoms with E-state index in [0.29, 0.717) is 28.5 Å². The van der Waals surface area contributed by atoms with Crippen molar-refractivity contribution >= 4 is 29.1 Å². The largest absolute Gasteiger partial charge is 0.387 e. The summed E-state index contributed by atoms with van der Waals surface area (Å²) >= 11 is 11.8. The number of rotatable bonds is 7. The fraction of sp³-hybridized carbons (Fsp3) is 0.333. The highest BCUT2D eigenvalue weighted by Crippen LogP contribution is 2.25. The van der Waals surface area contributed by atoms with Gasteiger partial charge < -0.3 is 15.0 Å². The van der Waals surface area contributed by atoms with E-state index in [1.165, 1.54) is 0 Å². The summed E-state index contributed by atoms with van der Waals surface area (Å²) < 4.78 is 1.91. The zero-order valence-corrected chi connectivity index (χ0v) is 13.4. The SMILES string of the molecule is O=C(CCCn1ccnc1)NC[C@H](O)c1ccc(Cl)cc1Cl. The van der Waals surface area contributed by atoms with E-state index in [-0.39, 0.29) is 12.5 Å². The van der Waals surface area contributed by atoms with Gasteiger partial charge >= 0.3 is 0 Å². The van der Waals surface area contributed by atoms with Crippen LogP contribution in [0.25, 0.3) is 0 Å². The zero-order valence-electron chi connectivity index (χ0n) is 11.9. The Morgan fingerprint density at radius 1 is 1.41 bits per heavy atom. The van der Waals surface area contributed by atoms with Crippen molar-refractivity contribution in [3.63, 3.8) is 0 Å². The number of aliphatic hydroxyl groups is 1. The molecular formula is C15H17Cl2N3O2. The summed E-state index contributed by atoms with van der Waals surface area (Å²) in [6.45, 7) is 0.851. The van der Waals surface area contributed by atoms with E-state index in [1.54, 1.807) is 30.7 Å². The summed E-state index contributed by atoms with van der Waals surface area (Å²) in [6, 6.07) is 4.87. The smallest absolute Gasteiger partial charge is 0.220 e. The number of halogens is 2. The average molecular weight is 342 g/mol. The number of aromatic nitrogens is 2. The van der Waals surface area contributed by atoms with Crippen LogP contribution in [0.15, 0.2) is 36.9 Å². The lowest BCUT2D eigenvalue weighted by Gasteiger charge is -2.14. The van der Waals surface area contributed by atoms with Gasteiger partial charge in [0.25, 0.3) is 0 Å². The van der Waals surface area contributed by atoms with Crippen molar-refractivity contribution in [1.82, 2.24) is 14.9 Å². The molecule has 0 unspecified atom stereocenters. The molecule has 5 nitrogen and oxygen atoms in total. The van der Waals surface area contributed by atoms with Crippen LogP contribution < -0.4 is 5.32 Å². The Morgan fingerprint density at radius 2 is 2.23 bits per heavy atom. The Kier molecular flexibility index (Phi) is 6.24. The van der Waals surface area contributed by atoms with Gasteiger partial charge in [0.05, 0.1) is 12.4 Å². The highest BCUT2D eigenvalue weighted by molar-refractivity contribution is 6.35. The number of carbonyl (C=O) groups is 1. The Bertz CT molecular complexity index is 617. The monoisotopic (exact) mass is 341 g/mol. The minimum absolute atomic E-state index is 0.107. The van der Waals surface area contributed by atoms with E-state index < -0.39 is 6.10 Å². The van der Waals surface area contributed by atoms with Gasteiger partial charge in [-0.2, -0.15) is 0 Å². The molecule has 0 saturated heterocycles. The van der Waals surface area contributed by atoms with Crippen LogP contribution in [0.2, 0.25) is 10.0 Å². The van der Waals surface area contributed by atoms with E-state index in [2.05, 4.69) is 10.3 Å². The van der Waals surface area contributed by atoms with E-state index in [0.717, 1.165) is 6.54 Å². The number of nitrogens with one attached hydrogen (secondary N) is 1. The Labute approximate surface area is 138 Å². The second-order valence-corrected chi connectivity index (χ2v) is 5.73. The van der Waals surface area contributed by atoms with E-state index >= 15 is 0 Å². The minimum atomic E-state index is -0.859. The van der Waals surface area contributed by atoms with Crippen LogP contribution in [0.1, 0.15) is 24.5 Å². The maximum atomic E-state index is 11.7. The lowest BCUT2D eigenvalue weighted by Crippen LogP contribution is -2.28. The molecule has 1 amide bonds. The van der Waals surface area contributed by atoms with E-state index in [4.69, 9.17) is 23.2 Å². The number of hydrogen-bond acceptors (Lipinski definition) is 3. The highest BCUT2D eigenvalue weighted by Gasteiger charge is 2.13. The molecule has 1 atom stereocenters. The third-order valence-electron chi connectivity index (χ3n) is 3.19. The Hall–Kier alpha value is -1.56. The fourth-order valence-electron chi connectivity index (χ4n) is 2.02. The summed E-state index contributed by atoms with van der Waals surface area (Å²) in [5, 5.41) is 13.6. The first-order chi connectivity index (χ1) is 10.6. The van der Waals surface area contributed by atoms with Crippen molar-refractivity contribution in [2.45, 2.75) is 25.5 Å². The normalized spacial score (nSPS) is 12.1. The number of benzene rings is 1. The Morgan fingerprint density at radius 3 is 2.91 bits per heavy atom. The topological polar surface area (TPSA) is 67.2 Å². The summed E-state index contributed by atoms with van der Waals surface area (Å²) in [7, 11) is 0. The molecule has 2 N–H and O–H groups in total. The molecule has 0 radical (unpaired) electrons. The first kappa shape index (κ1) is 16.8. The van der Waals surface area contributed by atoms with Gasteiger partial charge in [-0.3, -0.25) is 4.79 Å². The van der Waals surface area contributed by atoms with Gasteiger partial charge in [-0.1, -0.05) is 29.3 Å². The molecule has 7 heteroatoms. The fourth-order valence-corrected chi connectivity index (χ4v) is 2.56. The molecule has 22 heavy (non-hydrogen) atoms. The highest BCUT2D eigenvalue weighted by atomic mass is 35.5. The Balaban J connectivity index is 1.73. The van der Waals surface area contributed by atoms with Gasteiger partial charge in [0.1, 0.15) is 0 Å². The molecule has 2 rings (SSSR count). The van der Waals surface area contributed by atoms with Crippen molar-refractivity contribution in [3.8, 4) is 0 Å². The van der Waals surface area contributed by atoms with Crippen molar-refractivity contribution < 1.29 is 9.90 Å². The molecule has 118 valence electrons. The van der Waals surface area contributed by atoms with Crippen LogP contribution in [0.3, 0.4) is 0 Å². The lowest BCUT2D eigenvalue weighted by molar-refractivity contribution is -0.121. The van der Waals surface area contributed by atoms with Crippen molar-refractivity contribution in [3.05, 3.63) is 52.5 Å². The molecule has 0 bridgehead atoms. The second kappa shape index (κ2) is 8.17. The average Bonchev–Trinajstić information content (AvgIpc) is 2.98. The predicted octanol–water partition coefficient (Wildman–Crippen LogP) is 2.82. The van der Waals surface area contributed by atoms with Crippen molar-refractivity contribution in [2.75, 3.05) is 6.54 Å². The number of aliphatic hydroxyl groups excluding tert-OH is 1.